The van der Waals surface area contributed by atoms with Crippen LogP contribution in [0.4, 0.5) is 13.2 Å². The number of nitrogens with zero attached hydrogens (tertiary/aromatic N) is 2. The molecule has 0 bridgehead atoms. The van der Waals surface area contributed by atoms with Gasteiger partial charge in [0.05, 0.1) is 11.8 Å². The Hall–Kier alpha value is -1.82. The molecule has 2 rings (SSSR count). The van der Waals surface area contributed by atoms with E-state index in [1.807, 2.05) is 6.92 Å². The summed E-state index contributed by atoms with van der Waals surface area (Å²) in [5.41, 5.74) is 0.252. The van der Waals surface area contributed by atoms with Crippen molar-refractivity contribution in [1.82, 2.24) is 9.78 Å². The zero-order chi connectivity index (χ0) is 14.8. The summed E-state index contributed by atoms with van der Waals surface area (Å²) in [5, 5.41) is 14.2. The molecule has 1 atom stereocenters. The molecule has 0 spiro atoms. The number of halogens is 3. The summed E-state index contributed by atoms with van der Waals surface area (Å²) in [6, 6.07) is 4.50. The molecule has 0 radical (unpaired) electrons. The van der Waals surface area contributed by atoms with Gasteiger partial charge >= 0.3 is 6.18 Å². The third-order valence-corrected chi connectivity index (χ3v) is 2.98. The van der Waals surface area contributed by atoms with Gasteiger partial charge in [0.15, 0.2) is 0 Å². The second kappa shape index (κ2) is 5.66. The normalized spacial score (nSPS) is 13.4. The van der Waals surface area contributed by atoms with Crippen molar-refractivity contribution >= 4 is 0 Å². The fourth-order valence-corrected chi connectivity index (χ4v) is 1.92. The highest BCUT2D eigenvalue weighted by Crippen LogP contribution is 2.30. The number of aliphatic hydroxyl groups is 1. The van der Waals surface area contributed by atoms with E-state index in [1.54, 1.807) is 10.9 Å². The molecule has 0 saturated carbocycles. The van der Waals surface area contributed by atoms with Crippen molar-refractivity contribution < 1.29 is 18.3 Å². The predicted molar refractivity (Wildman–Crippen MR) is 68.0 cm³/mol. The summed E-state index contributed by atoms with van der Waals surface area (Å²) in [6.45, 7) is 2.74. The highest BCUT2D eigenvalue weighted by molar-refractivity contribution is 5.30. The van der Waals surface area contributed by atoms with Gasteiger partial charge in [-0.25, -0.2) is 0 Å². The Morgan fingerprint density at radius 2 is 1.85 bits per heavy atom. The number of rotatable bonds is 4. The summed E-state index contributed by atoms with van der Waals surface area (Å²) in [7, 11) is 0. The van der Waals surface area contributed by atoms with Crippen molar-refractivity contribution in [2.75, 3.05) is 0 Å². The summed E-state index contributed by atoms with van der Waals surface area (Å²) < 4.78 is 39.1. The van der Waals surface area contributed by atoms with Crippen LogP contribution in [0.5, 0.6) is 0 Å². The molecule has 1 N–H and O–H groups in total. The molecular formula is C14H15F3N2O. The van der Waals surface area contributed by atoms with Crippen LogP contribution < -0.4 is 0 Å². The average Bonchev–Trinajstić information content (AvgIpc) is 2.86. The molecule has 0 aliphatic rings. The molecule has 0 saturated heterocycles. The van der Waals surface area contributed by atoms with Gasteiger partial charge in [-0.05, 0) is 24.1 Å². The van der Waals surface area contributed by atoms with Crippen LogP contribution in [0.2, 0.25) is 0 Å². The van der Waals surface area contributed by atoms with Gasteiger partial charge in [0.1, 0.15) is 6.10 Å². The molecule has 6 heteroatoms. The number of hydrogen-bond donors (Lipinski definition) is 1. The fourth-order valence-electron chi connectivity index (χ4n) is 1.92. The summed E-state index contributed by atoms with van der Waals surface area (Å²) in [4.78, 5) is 0. The van der Waals surface area contributed by atoms with Gasteiger partial charge in [-0.15, -0.1) is 0 Å². The van der Waals surface area contributed by atoms with Gasteiger partial charge in [-0.3, -0.25) is 4.68 Å². The first-order chi connectivity index (χ1) is 9.41. The zero-order valence-electron chi connectivity index (χ0n) is 10.9. The number of aromatic nitrogens is 2. The van der Waals surface area contributed by atoms with Crippen molar-refractivity contribution in [3.63, 3.8) is 0 Å². The smallest absolute Gasteiger partial charge is 0.384 e. The van der Waals surface area contributed by atoms with Crippen LogP contribution in [-0.4, -0.2) is 14.9 Å². The minimum Gasteiger partial charge on any atom is -0.384 e. The lowest BCUT2D eigenvalue weighted by molar-refractivity contribution is -0.137. The van der Waals surface area contributed by atoms with Gasteiger partial charge in [0.2, 0.25) is 0 Å². The van der Waals surface area contributed by atoms with Gasteiger partial charge < -0.3 is 5.11 Å². The maximum atomic E-state index is 12.5. The van der Waals surface area contributed by atoms with E-state index < -0.39 is 17.8 Å². The summed E-state index contributed by atoms with van der Waals surface area (Å²) >= 11 is 0. The first-order valence-corrected chi connectivity index (χ1v) is 6.29. The monoisotopic (exact) mass is 284 g/mol. The number of aliphatic hydroxyl groups excluding tert-OH is 1. The van der Waals surface area contributed by atoms with Crippen LogP contribution in [0.3, 0.4) is 0 Å². The van der Waals surface area contributed by atoms with Crippen molar-refractivity contribution in [2.24, 2.45) is 0 Å². The maximum Gasteiger partial charge on any atom is 0.416 e. The molecule has 1 heterocycles. The number of benzene rings is 1. The minimum absolute atomic E-state index is 0.411. The van der Waals surface area contributed by atoms with Gasteiger partial charge in [-0.1, -0.05) is 19.1 Å². The molecule has 2 aromatic rings. The topological polar surface area (TPSA) is 38.0 Å². The SMILES string of the molecule is CCCn1cc(C(O)c2ccc(C(F)(F)F)cc2)cn1. The molecule has 0 aliphatic heterocycles. The van der Waals surface area contributed by atoms with Crippen LogP contribution in [0.15, 0.2) is 36.7 Å². The maximum absolute atomic E-state index is 12.5. The summed E-state index contributed by atoms with van der Waals surface area (Å²) in [5.74, 6) is 0. The molecule has 1 aromatic heterocycles. The van der Waals surface area contributed by atoms with Crippen molar-refractivity contribution in [1.29, 1.82) is 0 Å². The van der Waals surface area contributed by atoms with E-state index in [1.165, 1.54) is 18.3 Å². The highest BCUT2D eigenvalue weighted by atomic mass is 19.4. The van der Waals surface area contributed by atoms with Gasteiger partial charge in [0.25, 0.3) is 0 Å². The van der Waals surface area contributed by atoms with Crippen LogP contribution in [0, 0.1) is 0 Å². The van der Waals surface area contributed by atoms with E-state index >= 15 is 0 Å². The average molecular weight is 284 g/mol. The third kappa shape index (κ3) is 3.19. The standard InChI is InChI=1S/C14H15F3N2O/c1-2-7-19-9-11(8-18-19)13(20)10-3-5-12(6-4-10)14(15,16)17/h3-6,8-9,13,20H,2,7H2,1H3. The molecule has 3 nitrogen and oxygen atoms in total. The highest BCUT2D eigenvalue weighted by Gasteiger charge is 2.30. The van der Waals surface area contributed by atoms with Crippen molar-refractivity contribution in [3.8, 4) is 0 Å². The van der Waals surface area contributed by atoms with Crippen LogP contribution >= 0.6 is 0 Å². The predicted octanol–water partition coefficient (Wildman–Crippen LogP) is 3.39. The number of aryl methyl sites for hydroxylation is 1. The minimum atomic E-state index is -4.37. The number of hydrogen-bond acceptors (Lipinski definition) is 2. The van der Waals surface area contributed by atoms with Gasteiger partial charge in [0, 0.05) is 18.3 Å². The zero-order valence-corrected chi connectivity index (χ0v) is 10.9. The second-order valence-electron chi connectivity index (χ2n) is 4.56. The Morgan fingerprint density at radius 3 is 2.40 bits per heavy atom. The van der Waals surface area contributed by atoms with Crippen molar-refractivity contribution in [3.05, 3.63) is 53.3 Å². The first kappa shape index (κ1) is 14.6. The molecule has 0 fully saturated rings. The molecule has 1 aromatic carbocycles. The first-order valence-electron chi connectivity index (χ1n) is 6.29. The van der Waals surface area contributed by atoms with E-state index in [-0.39, 0.29) is 0 Å². The van der Waals surface area contributed by atoms with E-state index in [4.69, 9.17) is 0 Å². The lowest BCUT2D eigenvalue weighted by atomic mass is 10.0. The van der Waals surface area contributed by atoms with E-state index in [0.29, 0.717) is 11.1 Å². The molecule has 20 heavy (non-hydrogen) atoms. The van der Waals surface area contributed by atoms with E-state index in [2.05, 4.69) is 5.10 Å². The Kier molecular flexibility index (Phi) is 4.13. The van der Waals surface area contributed by atoms with Gasteiger partial charge in [-0.2, -0.15) is 18.3 Å². The van der Waals surface area contributed by atoms with E-state index in [9.17, 15) is 18.3 Å². The lowest BCUT2D eigenvalue weighted by Crippen LogP contribution is -2.05. The largest absolute Gasteiger partial charge is 0.416 e. The van der Waals surface area contributed by atoms with E-state index in [0.717, 1.165) is 25.1 Å². The van der Waals surface area contributed by atoms with Crippen LogP contribution in [-0.2, 0) is 12.7 Å². The Bertz CT molecular complexity index is 561. The molecule has 1 unspecified atom stereocenters. The van der Waals surface area contributed by atoms with Crippen LogP contribution in [0.25, 0.3) is 0 Å². The quantitative estimate of drug-likeness (QED) is 0.934. The molecule has 0 aliphatic carbocycles. The third-order valence-electron chi connectivity index (χ3n) is 2.98. The Morgan fingerprint density at radius 1 is 1.20 bits per heavy atom. The fraction of sp³-hybridized carbons (Fsp3) is 0.357. The van der Waals surface area contributed by atoms with Crippen LogP contribution in [0.1, 0.15) is 36.1 Å². The Balaban J connectivity index is 2.17. The molecular weight excluding hydrogens is 269 g/mol. The second-order valence-corrected chi connectivity index (χ2v) is 4.56. The molecule has 108 valence electrons. The number of alkyl halides is 3. The summed E-state index contributed by atoms with van der Waals surface area (Å²) in [6.07, 6.45) is -1.19. The Labute approximate surface area is 114 Å². The lowest BCUT2D eigenvalue weighted by Gasteiger charge is -2.11. The molecule has 0 amide bonds. The van der Waals surface area contributed by atoms with Crippen molar-refractivity contribution in [2.45, 2.75) is 32.2 Å².